The molecule has 2 unspecified atom stereocenters. The van der Waals surface area contributed by atoms with Crippen molar-refractivity contribution in [2.75, 3.05) is 6.61 Å². The fraction of sp³-hybridized carbons (Fsp3) is 0.667. The zero-order valence-electron chi connectivity index (χ0n) is 12.3. The van der Waals surface area contributed by atoms with Crippen LogP contribution in [0, 0.1) is 5.92 Å². The summed E-state index contributed by atoms with van der Waals surface area (Å²) in [5.74, 6) is 0.355. The fourth-order valence-electron chi connectivity index (χ4n) is 2.82. The molecule has 0 radical (unpaired) electrons. The van der Waals surface area contributed by atoms with Crippen molar-refractivity contribution in [3.63, 3.8) is 0 Å². The van der Waals surface area contributed by atoms with Gasteiger partial charge in [-0.15, -0.1) is 0 Å². The van der Waals surface area contributed by atoms with Gasteiger partial charge in [0.15, 0.2) is 0 Å². The van der Waals surface area contributed by atoms with Crippen LogP contribution in [-0.2, 0) is 4.74 Å². The molecule has 0 N–H and O–H groups in total. The van der Waals surface area contributed by atoms with E-state index in [1.54, 1.807) is 6.92 Å². The number of ether oxygens (including phenoxy) is 1. The highest BCUT2D eigenvalue weighted by Gasteiger charge is 2.29. The number of nitrogens with zero attached hydrogens (tertiary/aromatic N) is 2. The summed E-state index contributed by atoms with van der Waals surface area (Å²) >= 11 is 0. The predicted octanol–water partition coefficient (Wildman–Crippen LogP) is 3.88. The molecule has 0 saturated heterocycles. The summed E-state index contributed by atoms with van der Waals surface area (Å²) in [6, 6.07) is 0. The topological polar surface area (TPSA) is 52.1 Å². The second-order valence-electron chi connectivity index (χ2n) is 5.33. The van der Waals surface area contributed by atoms with E-state index in [1.807, 2.05) is 0 Å². The van der Waals surface area contributed by atoms with Gasteiger partial charge in [0, 0.05) is 12.1 Å². The zero-order chi connectivity index (χ0) is 15.4. The summed E-state index contributed by atoms with van der Waals surface area (Å²) < 4.78 is 31.0. The third-order valence-corrected chi connectivity index (χ3v) is 4.02. The van der Waals surface area contributed by atoms with Crippen LogP contribution in [-0.4, -0.2) is 22.5 Å². The van der Waals surface area contributed by atoms with E-state index in [0.29, 0.717) is 11.7 Å². The number of alkyl halides is 2. The Morgan fingerprint density at radius 1 is 1.43 bits per heavy atom. The molecule has 0 aliphatic heterocycles. The van der Waals surface area contributed by atoms with Gasteiger partial charge in [-0.05, 0) is 32.1 Å². The second-order valence-corrected chi connectivity index (χ2v) is 5.33. The van der Waals surface area contributed by atoms with Crippen LogP contribution in [0.1, 0.15) is 73.8 Å². The average molecular weight is 298 g/mol. The minimum absolute atomic E-state index is 0.115. The van der Waals surface area contributed by atoms with Crippen molar-refractivity contribution in [3.8, 4) is 0 Å². The molecule has 21 heavy (non-hydrogen) atoms. The lowest BCUT2D eigenvalue weighted by Crippen LogP contribution is -2.14. The molecule has 1 aromatic heterocycles. The maximum absolute atomic E-state index is 13.1. The van der Waals surface area contributed by atoms with E-state index < -0.39 is 18.1 Å². The van der Waals surface area contributed by atoms with Crippen molar-refractivity contribution in [1.82, 2.24) is 9.97 Å². The second kappa shape index (κ2) is 6.91. The van der Waals surface area contributed by atoms with Crippen LogP contribution >= 0.6 is 0 Å². The Balaban J connectivity index is 2.26. The highest BCUT2D eigenvalue weighted by molar-refractivity contribution is 5.90. The monoisotopic (exact) mass is 298 g/mol. The number of aromatic nitrogens is 2. The molecule has 0 spiro atoms. The van der Waals surface area contributed by atoms with E-state index in [9.17, 15) is 13.6 Å². The molecule has 6 heteroatoms. The lowest BCUT2D eigenvalue weighted by Gasteiger charge is -2.12. The Morgan fingerprint density at radius 3 is 2.76 bits per heavy atom. The smallest absolute Gasteiger partial charge is 0.341 e. The van der Waals surface area contributed by atoms with Crippen LogP contribution in [0.2, 0.25) is 0 Å². The van der Waals surface area contributed by atoms with Gasteiger partial charge in [-0.1, -0.05) is 13.3 Å². The molecule has 2 atom stereocenters. The summed E-state index contributed by atoms with van der Waals surface area (Å²) in [6.07, 6.45) is 2.38. The molecule has 116 valence electrons. The summed E-state index contributed by atoms with van der Waals surface area (Å²) in [5.41, 5.74) is -0.751. The van der Waals surface area contributed by atoms with E-state index in [-0.39, 0.29) is 18.1 Å². The van der Waals surface area contributed by atoms with Crippen molar-refractivity contribution >= 4 is 5.97 Å². The number of esters is 1. The Bertz CT molecular complexity index is 508. The molecule has 0 bridgehead atoms. The molecular formula is C15H20F2N2O2. The van der Waals surface area contributed by atoms with E-state index in [2.05, 4.69) is 16.9 Å². The highest BCUT2D eigenvalue weighted by atomic mass is 19.3. The maximum Gasteiger partial charge on any atom is 0.341 e. The Kier molecular flexibility index (Phi) is 5.20. The van der Waals surface area contributed by atoms with Gasteiger partial charge in [-0.25, -0.2) is 23.5 Å². The predicted molar refractivity (Wildman–Crippen MR) is 73.3 cm³/mol. The summed E-state index contributed by atoms with van der Waals surface area (Å²) in [7, 11) is 0. The molecule has 4 nitrogen and oxygen atoms in total. The molecule has 1 aromatic rings. The normalized spacial score (nSPS) is 21.8. The molecule has 0 aromatic carbocycles. The van der Waals surface area contributed by atoms with Gasteiger partial charge in [0.05, 0.1) is 6.61 Å². The summed E-state index contributed by atoms with van der Waals surface area (Å²) in [5, 5.41) is 0. The van der Waals surface area contributed by atoms with Gasteiger partial charge in [0.25, 0.3) is 6.43 Å². The van der Waals surface area contributed by atoms with Crippen LogP contribution in [0.25, 0.3) is 0 Å². The number of hydrogen-bond acceptors (Lipinski definition) is 4. The van der Waals surface area contributed by atoms with E-state index in [4.69, 9.17) is 4.74 Å². The van der Waals surface area contributed by atoms with Crippen molar-refractivity contribution < 1.29 is 18.3 Å². The van der Waals surface area contributed by atoms with Gasteiger partial charge >= 0.3 is 5.97 Å². The first-order valence-electron chi connectivity index (χ1n) is 7.38. The third kappa shape index (κ3) is 3.54. The van der Waals surface area contributed by atoms with E-state index in [1.165, 1.54) is 6.20 Å². The lowest BCUT2D eigenvalue weighted by molar-refractivity contribution is 0.0512. The van der Waals surface area contributed by atoms with Gasteiger partial charge in [0.2, 0.25) is 0 Å². The Labute approximate surface area is 122 Å². The number of halogens is 2. The molecule has 1 saturated carbocycles. The van der Waals surface area contributed by atoms with Gasteiger partial charge in [-0.2, -0.15) is 0 Å². The highest BCUT2D eigenvalue weighted by Crippen LogP contribution is 2.38. The van der Waals surface area contributed by atoms with Crippen molar-refractivity contribution in [2.45, 2.75) is 51.9 Å². The third-order valence-electron chi connectivity index (χ3n) is 4.02. The number of carbonyl (C=O) groups excluding carboxylic acids is 1. The van der Waals surface area contributed by atoms with Crippen LogP contribution in [0.5, 0.6) is 0 Å². The van der Waals surface area contributed by atoms with Crippen molar-refractivity contribution in [2.24, 2.45) is 5.92 Å². The Morgan fingerprint density at radius 2 is 2.19 bits per heavy atom. The molecule has 0 amide bonds. The van der Waals surface area contributed by atoms with Crippen LogP contribution in [0.4, 0.5) is 8.78 Å². The number of hydrogen-bond donors (Lipinski definition) is 0. The summed E-state index contributed by atoms with van der Waals surface area (Å²) in [6.45, 7) is 3.88. The standard InChI is InChI=1S/C15H20F2N2O2/c1-3-9-5-6-10(7-9)14-18-8-11(15(20)21-4-2)12(19-14)13(16)17/h8-10,13H,3-7H2,1-2H3. The molecule has 1 aliphatic carbocycles. The summed E-state index contributed by atoms with van der Waals surface area (Å²) in [4.78, 5) is 19.8. The quantitative estimate of drug-likeness (QED) is 0.774. The van der Waals surface area contributed by atoms with Crippen molar-refractivity contribution in [1.29, 1.82) is 0 Å². The number of rotatable bonds is 5. The van der Waals surface area contributed by atoms with Gasteiger partial charge in [0.1, 0.15) is 17.1 Å². The van der Waals surface area contributed by atoms with Crippen LogP contribution in [0.3, 0.4) is 0 Å². The molecule has 1 fully saturated rings. The van der Waals surface area contributed by atoms with E-state index >= 15 is 0 Å². The van der Waals surface area contributed by atoms with E-state index in [0.717, 1.165) is 25.7 Å². The first kappa shape index (κ1) is 15.8. The molecule has 2 rings (SSSR count). The zero-order valence-corrected chi connectivity index (χ0v) is 12.3. The fourth-order valence-corrected chi connectivity index (χ4v) is 2.82. The minimum Gasteiger partial charge on any atom is -0.462 e. The lowest BCUT2D eigenvalue weighted by atomic mass is 10.0. The average Bonchev–Trinajstić information content (AvgIpc) is 2.95. The molecule has 1 aliphatic rings. The van der Waals surface area contributed by atoms with Crippen LogP contribution in [0.15, 0.2) is 6.20 Å². The molecular weight excluding hydrogens is 278 g/mol. The largest absolute Gasteiger partial charge is 0.462 e. The minimum atomic E-state index is -2.81. The van der Waals surface area contributed by atoms with Gasteiger partial charge in [-0.3, -0.25) is 0 Å². The SMILES string of the molecule is CCOC(=O)c1cnc(C2CCC(CC)C2)nc1C(F)F. The number of carbonyl (C=O) groups is 1. The Hall–Kier alpha value is -1.59. The van der Waals surface area contributed by atoms with Crippen molar-refractivity contribution in [3.05, 3.63) is 23.3 Å². The first-order valence-corrected chi connectivity index (χ1v) is 7.38. The van der Waals surface area contributed by atoms with Gasteiger partial charge < -0.3 is 4.74 Å². The maximum atomic E-state index is 13.1. The van der Waals surface area contributed by atoms with Crippen LogP contribution < -0.4 is 0 Å². The molecule has 1 heterocycles. The first-order chi connectivity index (χ1) is 10.1.